The highest BCUT2D eigenvalue weighted by molar-refractivity contribution is 7.19. The molecule has 2 aromatic rings. The SMILES string of the molecule is COc1cc(Cl)ccc1-c1nc(C)c(NC(=O)OC(C)(C)C)s1. The second-order valence-corrected chi connectivity index (χ2v) is 7.34. The smallest absolute Gasteiger partial charge is 0.412 e. The highest BCUT2D eigenvalue weighted by Gasteiger charge is 2.19. The maximum absolute atomic E-state index is 11.9. The van der Waals surface area contributed by atoms with E-state index in [1.807, 2.05) is 33.8 Å². The van der Waals surface area contributed by atoms with Crippen molar-refractivity contribution in [2.45, 2.75) is 33.3 Å². The van der Waals surface area contributed by atoms with Gasteiger partial charge in [0.05, 0.1) is 18.4 Å². The van der Waals surface area contributed by atoms with Gasteiger partial charge >= 0.3 is 6.09 Å². The summed E-state index contributed by atoms with van der Waals surface area (Å²) in [7, 11) is 1.58. The molecule has 0 spiro atoms. The van der Waals surface area contributed by atoms with E-state index in [9.17, 15) is 4.79 Å². The molecule has 1 aromatic heterocycles. The number of methoxy groups -OCH3 is 1. The molecule has 5 nitrogen and oxygen atoms in total. The third kappa shape index (κ3) is 4.59. The third-order valence-corrected chi connectivity index (χ3v) is 4.15. The van der Waals surface area contributed by atoms with Crippen LogP contribution in [0.2, 0.25) is 5.02 Å². The lowest BCUT2D eigenvalue weighted by Gasteiger charge is -2.19. The number of carbonyl (C=O) groups is 1. The predicted molar refractivity (Wildman–Crippen MR) is 93.7 cm³/mol. The molecule has 0 bridgehead atoms. The van der Waals surface area contributed by atoms with Crippen LogP contribution in [0.1, 0.15) is 26.5 Å². The van der Waals surface area contributed by atoms with Gasteiger partial charge in [-0.3, -0.25) is 5.32 Å². The molecule has 0 aliphatic rings. The Bertz CT molecular complexity index is 723. The Morgan fingerprint density at radius 2 is 2.04 bits per heavy atom. The molecule has 0 aliphatic heterocycles. The van der Waals surface area contributed by atoms with Crippen molar-refractivity contribution in [3.63, 3.8) is 0 Å². The van der Waals surface area contributed by atoms with Crippen LogP contribution in [0.4, 0.5) is 9.80 Å². The fourth-order valence-corrected chi connectivity index (χ4v) is 3.01. The minimum absolute atomic E-state index is 0.501. The van der Waals surface area contributed by atoms with E-state index in [1.54, 1.807) is 19.2 Å². The number of nitrogens with zero attached hydrogens (tertiary/aromatic N) is 1. The summed E-state index contributed by atoms with van der Waals surface area (Å²) in [6, 6.07) is 5.35. The molecular weight excluding hydrogens is 336 g/mol. The van der Waals surface area contributed by atoms with Crippen LogP contribution in [0.3, 0.4) is 0 Å². The van der Waals surface area contributed by atoms with Gasteiger partial charge in [0.2, 0.25) is 0 Å². The van der Waals surface area contributed by atoms with E-state index in [2.05, 4.69) is 10.3 Å². The summed E-state index contributed by atoms with van der Waals surface area (Å²) < 4.78 is 10.6. The lowest BCUT2D eigenvalue weighted by Crippen LogP contribution is -2.27. The first-order chi connectivity index (χ1) is 10.7. The monoisotopic (exact) mass is 354 g/mol. The molecule has 7 heteroatoms. The van der Waals surface area contributed by atoms with Crippen molar-refractivity contribution in [3.05, 3.63) is 28.9 Å². The zero-order valence-corrected chi connectivity index (χ0v) is 15.3. The molecule has 0 fully saturated rings. The van der Waals surface area contributed by atoms with Crippen molar-refractivity contribution in [3.8, 4) is 16.3 Å². The molecule has 1 N–H and O–H groups in total. The van der Waals surface area contributed by atoms with Crippen LogP contribution in [0, 0.1) is 6.92 Å². The first-order valence-electron chi connectivity index (χ1n) is 7.01. The summed E-state index contributed by atoms with van der Waals surface area (Å²) in [6.07, 6.45) is -0.501. The third-order valence-electron chi connectivity index (χ3n) is 2.81. The number of anilines is 1. The number of rotatable bonds is 3. The minimum Gasteiger partial charge on any atom is -0.496 e. The number of hydrogen-bond acceptors (Lipinski definition) is 5. The molecule has 0 radical (unpaired) electrons. The summed E-state index contributed by atoms with van der Waals surface area (Å²) in [6.45, 7) is 7.28. The molecular formula is C16H19ClN2O3S. The molecule has 2 rings (SSSR count). The van der Waals surface area contributed by atoms with Crippen molar-refractivity contribution in [2.24, 2.45) is 0 Å². The standard InChI is InChI=1S/C16H19ClN2O3S/c1-9-13(19-15(20)22-16(2,3)4)23-14(18-9)11-7-6-10(17)8-12(11)21-5/h6-8H,1-5H3,(H,19,20). The van der Waals surface area contributed by atoms with Crippen LogP contribution in [0.15, 0.2) is 18.2 Å². The van der Waals surface area contributed by atoms with E-state index in [0.29, 0.717) is 21.5 Å². The quantitative estimate of drug-likeness (QED) is 0.830. The molecule has 0 atom stereocenters. The molecule has 0 unspecified atom stereocenters. The van der Waals surface area contributed by atoms with Crippen LogP contribution >= 0.6 is 22.9 Å². The number of hydrogen-bond donors (Lipinski definition) is 1. The Labute approximate surface area is 144 Å². The van der Waals surface area contributed by atoms with Crippen LogP contribution in [-0.4, -0.2) is 23.8 Å². The summed E-state index contributed by atoms with van der Waals surface area (Å²) in [4.78, 5) is 16.4. The maximum Gasteiger partial charge on any atom is 0.412 e. The van der Waals surface area contributed by atoms with E-state index in [0.717, 1.165) is 10.6 Å². The Hall–Kier alpha value is -1.79. The number of amides is 1. The van der Waals surface area contributed by atoms with E-state index in [-0.39, 0.29) is 0 Å². The van der Waals surface area contributed by atoms with Gasteiger partial charge in [0.25, 0.3) is 0 Å². The van der Waals surface area contributed by atoms with Crippen LogP contribution < -0.4 is 10.1 Å². The number of aromatic nitrogens is 1. The Balaban J connectivity index is 2.26. The highest BCUT2D eigenvalue weighted by atomic mass is 35.5. The van der Waals surface area contributed by atoms with Crippen LogP contribution in [0.5, 0.6) is 5.75 Å². The molecule has 0 saturated heterocycles. The molecule has 1 amide bonds. The van der Waals surface area contributed by atoms with Crippen LogP contribution in [0.25, 0.3) is 10.6 Å². The summed E-state index contributed by atoms with van der Waals surface area (Å²) >= 11 is 7.34. The van der Waals surface area contributed by atoms with E-state index in [1.165, 1.54) is 11.3 Å². The van der Waals surface area contributed by atoms with Gasteiger partial charge in [-0.1, -0.05) is 22.9 Å². The highest BCUT2D eigenvalue weighted by Crippen LogP contribution is 2.38. The maximum atomic E-state index is 11.9. The number of benzene rings is 1. The number of halogens is 1. The fourth-order valence-electron chi connectivity index (χ4n) is 1.87. The van der Waals surface area contributed by atoms with Crippen molar-refractivity contribution >= 4 is 34.0 Å². The molecule has 0 aliphatic carbocycles. The van der Waals surface area contributed by atoms with Gasteiger partial charge < -0.3 is 9.47 Å². The fraction of sp³-hybridized carbons (Fsp3) is 0.375. The lowest BCUT2D eigenvalue weighted by molar-refractivity contribution is 0.0636. The van der Waals surface area contributed by atoms with Gasteiger partial charge in [0.1, 0.15) is 21.4 Å². The summed E-state index contributed by atoms with van der Waals surface area (Å²) in [5.41, 5.74) is 0.986. The summed E-state index contributed by atoms with van der Waals surface area (Å²) in [5, 5.41) is 4.71. The Kier molecular flexibility index (Phi) is 5.16. The summed E-state index contributed by atoms with van der Waals surface area (Å²) in [5.74, 6) is 0.634. The number of nitrogens with one attached hydrogen (secondary N) is 1. The van der Waals surface area contributed by atoms with Gasteiger partial charge in [-0.05, 0) is 45.9 Å². The topological polar surface area (TPSA) is 60.5 Å². The minimum atomic E-state index is -0.551. The number of carbonyl (C=O) groups excluding carboxylic acids is 1. The Morgan fingerprint density at radius 1 is 1.35 bits per heavy atom. The van der Waals surface area contributed by atoms with Crippen LogP contribution in [-0.2, 0) is 4.74 Å². The zero-order valence-electron chi connectivity index (χ0n) is 13.7. The molecule has 1 aromatic carbocycles. The van der Waals surface area contributed by atoms with Gasteiger partial charge in [0.15, 0.2) is 0 Å². The largest absolute Gasteiger partial charge is 0.496 e. The first kappa shape index (κ1) is 17.6. The number of aryl methyl sites for hydroxylation is 1. The van der Waals surface area contributed by atoms with Gasteiger partial charge in [-0.2, -0.15) is 0 Å². The average Bonchev–Trinajstić information content (AvgIpc) is 2.77. The van der Waals surface area contributed by atoms with Crippen molar-refractivity contribution < 1.29 is 14.3 Å². The predicted octanol–water partition coefficient (Wildman–Crippen LogP) is 5.13. The van der Waals surface area contributed by atoms with Crippen molar-refractivity contribution in [1.82, 2.24) is 4.98 Å². The second kappa shape index (κ2) is 6.76. The first-order valence-corrected chi connectivity index (χ1v) is 8.20. The van der Waals surface area contributed by atoms with E-state index < -0.39 is 11.7 Å². The second-order valence-electron chi connectivity index (χ2n) is 5.91. The molecule has 1 heterocycles. The lowest BCUT2D eigenvalue weighted by atomic mass is 10.2. The van der Waals surface area contributed by atoms with Gasteiger partial charge in [-0.25, -0.2) is 9.78 Å². The molecule has 124 valence electrons. The van der Waals surface area contributed by atoms with Gasteiger partial charge in [-0.15, -0.1) is 0 Å². The normalized spacial score (nSPS) is 11.2. The average molecular weight is 355 g/mol. The van der Waals surface area contributed by atoms with Gasteiger partial charge in [0, 0.05) is 5.02 Å². The zero-order chi connectivity index (χ0) is 17.2. The molecule has 0 saturated carbocycles. The number of thiazole rings is 1. The van der Waals surface area contributed by atoms with Crippen molar-refractivity contribution in [2.75, 3.05) is 12.4 Å². The van der Waals surface area contributed by atoms with E-state index in [4.69, 9.17) is 21.1 Å². The van der Waals surface area contributed by atoms with E-state index >= 15 is 0 Å². The number of ether oxygens (including phenoxy) is 2. The molecule has 23 heavy (non-hydrogen) atoms. The Morgan fingerprint density at radius 3 is 2.65 bits per heavy atom. The van der Waals surface area contributed by atoms with Crippen molar-refractivity contribution in [1.29, 1.82) is 0 Å².